The van der Waals surface area contributed by atoms with Gasteiger partial charge in [-0.3, -0.25) is 4.79 Å². The third-order valence-corrected chi connectivity index (χ3v) is 5.85. The van der Waals surface area contributed by atoms with E-state index in [4.69, 9.17) is 5.73 Å². The molecule has 0 aliphatic heterocycles. The van der Waals surface area contributed by atoms with Crippen LogP contribution in [-0.2, 0) is 4.79 Å². The van der Waals surface area contributed by atoms with E-state index in [1.54, 1.807) is 0 Å². The van der Waals surface area contributed by atoms with Gasteiger partial charge in [0, 0.05) is 6.54 Å². The standard InChI is InChI=1S/C17H32N2O2/c1-14-6-10-17(13-20,11-7-14)19-15(21)16(12-18)8-4-2-3-5-9-16/h14,20H,2-13,18H2,1H3,(H,19,21). The van der Waals surface area contributed by atoms with Crippen LogP contribution in [0.3, 0.4) is 0 Å². The highest BCUT2D eigenvalue weighted by Gasteiger charge is 2.42. The Kier molecular flexibility index (Phi) is 5.67. The zero-order chi connectivity index (χ0) is 15.3. The summed E-state index contributed by atoms with van der Waals surface area (Å²) in [5.74, 6) is 0.790. The van der Waals surface area contributed by atoms with Gasteiger partial charge in [-0.15, -0.1) is 0 Å². The van der Waals surface area contributed by atoms with Crippen molar-refractivity contribution in [2.24, 2.45) is 17.1 Å². The van der Waals surface area contributed by atoms with E-state index in [2.05, 4.69) is 12.2 Å². The number of nitrogens with one attached hydrogen (secondary N) is 1. The first kappa shape index (κ1) is 16.8. The molecule has 1 amide bonds. The van der Waals surface area contributed by atoms with E-state index >= 15 is 0 Å². The van der Waals surface area contributed by atoms with Gasteiger partial charge in [-0.05, 0) is 44.4 Å². The van der Waals surface area contributed by atoms with Crippen molar-refractivity contribution in [3.63, 3.8) is 0 Å². The van der Waals surface area contributed by atoms with Crippen LogP contribution >= 0.6 is 0 Å². The molecule has 0 heterocycles. The second kappa shape index (κ2) is 7.10. The SMILES string of the molecule is CC1CCC(CO)(NC(=O)C2(CN)CCCCCC2)CC1. The number of nitrogens with two attached hydrogens (primary N) is 1. The summed E-state index contributed by atoms with van der Waals surface area (Å²) in [6.07, 6.45) is 10.3. The average Bonchev–Trinajstić information content (AvgIpc) is 2.76. The Balaban J connectivity index is 2.06. The Morgan fingerprint density at radius 3 is 2.19 bits per heavy atom. The monoisotopic (exact) mass is 296 g/mol. The molecule has 2 rings (SSSR count). The first-order valence-electron chi connectivity index (χ1n) is 8.69. The molecule has 0 atom stereocenters. The molecule has 0 aromatic heterocycles. The number of rotatable bonds is 4. The largest absolute Gasteiger partial charge is 0.394 e. The molecule has 0 saturated heterocycles. The summed E-state index contributed by atoms with van der Waals surface area (Å²) in [6, 6.07) is 0. The third-order valence-electron chi connectivity index (χ3n) is 5.85. The van der Waals surface area contributed by atoms with Gasteiger partial charge in [-0.1, -0.05) is 32.6 Å². The minimum absolute atomic E-state index is 0.0477. The van der Waals surface area contributed by atoms with Gasteiger partial charge in [0.1, 0.15) is 0 Å². The maximum atomic E-state index is 12.9. The first-order valence-corrected chi connectivity index (χ1v) is 8.69. The zero-order valence-electron chi connectivity index (χ0n) is 13.5. The molecule has 4 heteroatoms. The van der Waals surface area contributed by atoms with E-state index in [9.17, 15) is 9.90 Å². The predicted molar refractivity (Wildman–Crippen MR) is 84.8 cm³/mol. The molecule has 4 nitrogen and oxygen atoms in total. The molecule has 2 fully saturated rings. The number of aliphatic hydroxyl groups excluding tert-OH is 1. The molecule has 0 radical (unpaired) electrons. The smallest absolute Gasteiger partial charge is 0.228 e. The van der Waals surface area contributed by atoms with E-state index in [1.165, 1.54) is 12.8 Å². The molecule has 21 heavy (non-hydrogen) atoms. The van der Waals surface area contributed by atoms with Crippen molar-refractivity contribution in [1.82, 2.24) is 5.32 Å². The van der Waals surface area contributed by atoms with Crippen molar-refractivity contribution >= 4 is 5.91 Å². The molecule has 4 N–H and O–H groups in total. The number of hydrogen-bond donors (Lipinski definition) is 3. The van der Waals surface area contributed by atoms with E-state index in [1.807, 2.05) is 0 Å². The first-order chi connectivity index (χ1) is 10.1. The van der Waals surface area contributed by atoms with Crippen molar-refractivity contribution in [3.8, 4) is 0 Å². The molecular weight excluding hydrogens is 264 g/mol. The van der Waals surface area contributed by atoms with E-state index in [0.717, 1.165) is 51.4 Å². The quantitative estimate of drug-likeness (QED) is 0.697. The highest BCUT2D eigenvalue weighted by Crippen LogP contribution is 2.37. The molecule has 0 bridgehead atoms. The second-order valence-electron chi connectivity index (χ2n) is 7.47. The highest BCUT2D eigenvalue weighted by molar-refractivity contribution is 5.83. The fourth-order valence-electron chi connectivity index (χ4n) is 3.94. The lowest BCUT2D eigenvalue weighted by Gasteiger charge is -2.42. The Bertz CT molecular complexity index is 341. The maximum Gasteiger partial charge on any atom is 0.228 e. The average molecular weight is 296 g/mol. The molecule has 0 unspecified atom stereocenters. The minimum atomic E-state index is -0.405. The molecular formula is C17H32N2O2. The number of hydrogen-bond acceptors (Lipinski definition) is 3. The predicted octanol–water partition coefficient (Wildman–Crippen LogP) is 2.34. The summed E-state index contributed by atoms with van der Waals surface area (Å²) in [5.41, 5.74) is 5.19. The van der Waals surface area contributed by atoms with Gasteiger partial charge >= 0.3 is 0 Å². The number of amides is 1. The molecule has 2 aliphatic carbocycles. The fourth-order valence-corrected chi connectivity index (χ4v) is 3.94. The summed E-state index contributed by atoms with van der Waals surface area (Å²) >= 11 is 0. The van der Waals surface area contributed by atoms with Gasteiger partial charge < -0.3 is 16.2 Å². The highest BCUT2D eigenvalue weighted by atomic mass is 16.3. The topological polar surface area (TPSA) is 75.3 Å². The van der Waals surface area contributed by atoms with Crippen LogP contribution in [0.4, 0.5) is 0 Å². The van der Waals surface area contributed by atoms with Crippen LogP contribution < -0.4 is 11.1 Å². The van der Waals surface area contributed by atoms with Gasteiger partial charge in [0.05, 0.1) is 17.6 Å². The molecule has 0 aromatic rings. The lowest BCUT2D eigenvalue weighted by Crippen LogP contribution is -2.58. The van der Waals surface area contributed by atoms with E-state index in [-0.39, 0.29) is 12.5 Å². The number of carbonyl (C=O) groups excluding carboxylic acids is 1. The van der Waals surface area contributed by atoms with Crippen LogP contribution in [0, 0.1) is 11.3 Å². The van der Waals surface area contributed by atoms with Crippen LogP contribution in [0.25, 0.3) is 0 Å². The van der Waals surface area contributed by atoms with Crippen LogP contribution in [0.15, 0.2) is 0 Å². The molecule has 122 valence electrons. The summed E-state index contributed by atoms with van der Waals surface area (Å²) < 4.78 is 0. The minimum Gasteiger partial charge on any atom is -0.394 e. The van der Waals surface area contributed by atoms with E-state index < -0.39 is 11.0 Å². The van der Waals surface area contributed by atoms with Crippen LogP contribution in [0.5, 0.6) is 0 Å². The van der Waals surface area contributed by atoms with Crippen molar-refractivity contribution in [2.75, 3.05) is 13.2 Å². The lowest BCUT2D eigenvalue weighted by molar-refractivity contribution is -0.134. The summed E-state index contributed by atoms with van der Waals surface area (Å²) in [5, 5.41) is 13.1. The Labute approximate surface area is 128 Å². The molecule has 2 saturated carbocycles. The Morgan fingerprint density at radius 1 is 1.14 bits per heavy atom. The van der Waals surface area contributed by atoms with E-state index in [0.29, 0.717) is 12.5 Å². The van der Waals surface area contributed by atoms with Crippen LogP contribution in [0.2, 0.25) is 0 Å². The number of aliphatic hydroxyl groups is 1. The lowest BCUT2D eigenvalue weighted by atomic mass is 9.75. The normalized spacial score (nSPS) is 33.2. The Hall–Kier alpha value is -0.610. The van der Waals surface area contributed by atoms with Crippen LogP contribution in [-0.4, -0.2) is 29.7 Å². The van der Waals surface area contributed by atoms with Crippen molar-refractivity contribution in [3.05, 3.63) is 0 Å². The van der Waals surface area contributed by atoms with Crippen molar-refractivity contribution in [1.29, 1.82) is 0 Å². The van der Waals surface area contributed by atoms with Crippen LogP contribution in [0.1, 0.15) is 71.1 Å². The van der Waals surface area contributed by atoms with Gasteiger partial charge in [0.2, 0.25) is 5.91 Å². The molecule has 0 spiro atoms. The van der Waals surface area contributed by atoms with Gasteiger partial charge in [0.25, 0.3) is 0 Å². The summed E-state index contributed by atoms with van der Waals surface area (Å²) in [6.45, 7) is 2.72. The fraction of sp³-hybridized carbons (Fsp3) is 0.941. The Morgan fingerprint density at radius 2 is 1.71 bits per heavy atom. The molecule has 0 aromatic carbocycles. The summed E-state index contributed by atoms with van der Waals surface area (Å²) in [7, 11) is 0. The van der Waals surface area contributed by atoms with Crippen molar-refractivity contribution < 1.29 is 9.90 Å². The third kappa shape index (κ3) is 3.78. The van der Waals surface area contributed by atoms with Crippen molar-refractivity contribution in [2.45, 2.75) is 76.7 Å². The summed E-state index contributed by atoms with van der Waals surface area (Å²) in [4.78, 5) is 12.9. The second-order valence-corrected chi connectivity index (χ2v) is 7.47. The zero-order valence-corrected chi connectivity index (χ0v) is 13.5. The van der Waals surface area contributed by atoms with Gasteiger partial charge in [0.15, 0.2) is 0 Å². The number of carbonyl (C=O) groups is 1. The van der Waals surface area contributed by atoms with Gasteiger partial charge in [-0.25, -0.2) is 0 Å². The maximum absolute atomic E-state index is 12.9. The molecule has 2 aliphatic rings. The van der Waals surface area contributed by atoms with Gasteiger partial charge in [-0.2, -0.15) is 0 Å².